The van der Waals surface area contributed by atoms with Crippen LogP contribution in [0.25, 0.3) is 0 Å². The molecule has 0 fully saturated rings. The standard InChI is InChI=1S/C11H11N3O/c1-15-11-3-2-8(6-9(11)7-13)10(14)4-5-12/h2-3,5-6,12,14H,4H2,1H3. The first-order valence-electron chi connectivity index (χ1n) is 4.37. The molecular formula is C11H11N3O. The van der Waals surface area contributed by atoms with E-state index in [4.69, 9.17) is 20.8 Å². The van der Waals surface area contributed by atoms with Crippen molar-refractivity contribution in [2.45, 2.75) is 6.42 Å². The molecule has 4 nitrogen and oxygen atoms in total. The Morgan fingerprint density at radius 1 is 1.60 bits per heavy atom. The second kappa shape index (κ2) is 4.91. The van der Waals surface area contributed by atoms with Crippen LogP contribution in [0.5, 0.6) is 5.75 Å². The van der Waals surface area contributed by atoms with Gasteiger partial charge in [0.1, 0.15) is 11.8 Å². The molecule has 0 spiro atoms. The Kier molecular flexibility index (Phi) is 3.58. The van der Waals surface area contributed by atoms with E-state index in [0.29, 0.717) is 22.6 Å². The number of nitriles is 1. The third kappa shape index (κ3) is 2.41. The number of nitrogens with one attached hydrogen (secondary N) is 2. The second-order valence-corrected chi connectivity index (χ2v) is 2.91. The second-order valence-electron chi connectivity index (χ2n) is 2.91. The van der Waals surface area contributed by atoms with E-state index in [9.17, 15) is 0 Å². The predicted octanol–water partition coefficient (Wildman–Crippen LogP) is 1.97. The molecule has 0 heterocycles. The minimum Gasteiger partial charge on any atom is -0.495 e. The van der Waals surface area contributed by atoms with Gasteiger partial charge in [0.05, 0.1) is 12.7 Å². The third-order valence-corrected chi connectivity index (χ3v) is 1.97. The summed E-state index contributed by atoms with van der Waals surface area (Å²) in [5.41, 5.74) is 1.38. The van der Waals surface area contributed by atoms with Gasteiger partial charge in [-0.3, -0.25) is 0 Å². The molecule has 0 saturated heterocycles. The van der Waals surface area contributed by atoms with E-state index in [0.717, 1.165) is 0 Å². The van der Waals surface area contributed by atoms with Crippen molar-refractivity contribution in [1.29, 1.82) is 16.1 Å². The van der Waals surface area contributed by atoms with E-state index < -0.39 is 0 Å². The summed E-state index contributed by atoms with van der Waals surface area (Å²) in [6, 6.07) is 6.98. The van der Waals surface area contributed by atoms with Crippen LogP contribution in [0.3, 0.4) is 0 Å². The lowest BCUT2D eigenvalue weighted by Crippen LogP contribution is -2.00. The predicted molar refractivity (Wildman–Crippen MR) is 57.9 cm³/mol. The minimum atomic E-state index is 0.275. The summed E-state index contributed by atoms with van der Waals surface area (Å²) < 4.78 is 4.99. The largest absolute Gasteiger partial charge is 0.495 e. The van der Waals surface area contributed by atoms with E-state index in [1.54, 1.807) is 18.2 Å². The van der Waals surface area contributed by atoms with E-state index in [1.165, 1.54) is 13.3 Å². The number of nitrogens with zero attached hydrogens (tertiary/aromatic N) is 1. The van der Waals surface area contributed by atoms with Gasteiger partial charge in [-0.15, -0.1) is 0 Å². The number of rotatable bonds is 4. The van der Waals surface area contributed by atoms with Crippen molar-refractivity contribution in [1.82, 2.24) is 0 Å². The molecule has 0 bridgehead atoms. The molecule has 0 aliphatic rings. The number of ether oxygens (including phenoxy) is 1. The molecule has 0 atom stereocenters. The number of methoxy groups -OCH3 is 1. The summed E-state index contributed by atoms with van der Waals surface area (Å²) in [5, 5.41) is 23.4. The van der Waals surface area contributed by atoms with Crippen LogP contribution >= 0.6 is 0 Å². The smallest absolute Gasteiger partial charge is 0.136 e. The van der Waals surface area contributed by atoms with Crippen LogP contribution in [0.2, 0.25) is 0 Å². The van der Waals surface area contributed by atoms with Crippen molar-refractivity contribution >= 4 is 11.9 Å². The lowest BCUT2D eigenvalue weighted by molar-refractivity contribution is 0.413. The lowest BCUT2D eigenvalue weighted by Gasteiger charge is -2.05. The summed E-state index contributed by atoms with van der Waals surface area (Å²) >= 11 is 0. The highest BCUT2D eigenvalue weighted by atomic mass is 16.5. The monoisotopic (exact) mass is 201 g/mol. The Labute approximate surface area is 88.1 Å². The highest BCUT2D eigenvalue weighted by Gasteiger charge is 2.06. The van der Waals surface area contributed by atoms with Crippen molar-refractivity contribution in [2.75, 3.05) is 7.11 Å². The molecule has 1 aromatic carbocycles. The zero-order chi connectivity index (χ0) is 11.3. The van der Waals surface area contributed by atoms with E-state index in [2.05, 4.69) is 0 Å². The summed E-state index contributed by atoms with van der Waals surface area (Å²) in [6.45, 7) is 0. The molecule has 4 heteroatoms. The fourth-order valence-corrected chi connectivity index (χ4v) is 1.20. The van der Waals surface area contributed by atoms with Crippen molar-refractivity contribution < 1.29 is 4.74 Å². The zero-order valence-corrected chi connectivity index (χ0v) is 8.37. The Morgan fingerprint density at radius 2 is 2.33 bits per heavy atom. The molecule has 0 aliphatic heterocycles. The number of hydrogen-bond acceptors (Lipinski definition) is 4. The molecule has 15 heavy (non-hydrogen) atoms. The molecule has 0 radical (unpaired) electrons. The molecule has 1 rings (SSSR count). The van der Waals surface area contributed by atoms with Gasteiger partial charge in [0.2, 0.25) is 0 Å². The van der Waals surface area contributed by atoms with Crippen LogP contribution in [0.15, 0.2) is 18.2 Å². The van der Waals surface area contributed by atoms with Crippen molar-refractivity contribution in [3.8, 4) is 11.8 Å². The van der Waals surface area contributed by atoms with Crippen LogP contribution in [0.4, 0.5) is 0 Å². The number of hydrogen-bond donors (Lipinski definition) is 2. The van der Waals surface area contributed by atoms with Crippen LogP contribution in [0, 0.1) is 22.1 Å². The lowest BCUT2D eigenvalue weighted by atomic mass is 10.0. The van der Waals surface area contributed by atoms with Crippen LogP contribution in [-0.4, -0.2) is 19.0 Å². The van der Waals surface area contributed by atoms with Gasteiger partial charge < -0.3 is 15.6 Å². The normalized spacial score (nSPS) is 9.07. The third-order valence-electron chi connectivity index (χ3n) is 1.97. The van der Waals surface area contributed by atoms with Crippen molar-refractivity contribution in [3.63, 3.8) is 0 Å². The molecule has 0 aliphatic carbocycles. The Morgan fingerprint density at radius 3 is 2.87 bits per heavy atom. The summed E-state index contributed by atoms with van der Waals surface area (Å²) in [5.74, 6) is 0.504. The van der Waals surface area contributed by atoms with E-state index in [1.807, 2.05) is 6.07 Å². The Hall–Kier alpha value is -2.15. The summed E-state index contributed by atoms with van der Waals surface area (Å²) in [7, 11) is 1.50. The van der Waals surface area contributed by atoms with Crippen LogP contribution < -0.4 is 4.74 Å². The minimum absolute atomic E-state index is 0.275. The van der Waals surface area contributed by atoms with E-state index in [-0.39, 0.29) is 6.42 Å². The SMILES string of the molecule is COc1ccc(C(=N)CC=N)cc1C#N. The fraction of sp³-hybridized carbons (Fsp3) is 0.182. The molecule has 0 unspecified atom stereocenters. The Bertz CT molecular complexity index is 432. The maximum Gasteiger partial charge on any atom is 0.136 e. The highest BCUT2D eigenvalue weighted by molar-refractivity contribution is 6.05. The van der Waals surface area contributed by atoms with Gasteiger partial charge in [-0.2, -0.15) is 5.26 Å². The van der Waals surface area contributed by atoms with Gasteiger partial charge in [-0.25, -0.2) is 0 Å². The molecular weight excluding hydrogens is 190 g/mol. The molecule has 1 aromatic rings. The first-order chi connectivity index (χ1) is 7.22. The molecule has 0 amide bonds. The molecule has 76 valence electrons. The first-order valence-corrected chi connectivity index (χ1v) is 4.37. The van der Waals surface area contributed by atoms with Crippen molar-refractivity contribution in [2.24, 2.45) is 0 Å². The average molecular weight is 201 g/mol. The fourth-order valence-electron chi connectivity index (χ4n) is 1.20. The average Bonchev–Trinajstić information content (AvgIpc) is 2.28. The molecule has 0 saturated carbocycles. The first kappa shape index (κ1) is 10.9. The van der Waals surface area contributed by atoms with Gasteiger partial charge in [-0.05, 0) is 23.8 Å². The quantitative estimate of drug-likeness (QED) is 0.730. The van der Waals surface area contributed by atoms with Gasteiger partial charge in [0.15, 0.2) is 0 Å². The maximum atomic E-state index is 8.84. The van der Waals surface area contributed by atoms with Gasteiger partial charge in [0.25, 0.3) is 0 Å². The summed E-state index contributed by atoms with van der Waals surface area (Å²) in [6.07, 6.45) is 1.44. The number of benzene rings is 1. The molecule has 2 N–H and O–H groups in total. The Balaban J connectivity index is 3.09. The topological polar surface area (TPSA) is 80.7 Å². The van der Waals surface area contributed by atoms with Gasteiger partial charge >= 0.3 is 0 Å². The van der Waals surface area contributed by atoms with E-state index >= 15 is 0 Å². The zero-order valence-electron chi connectivity index (χ0n) is 8.37. The summed E-state index contributed by atoms with van der Waals surface area (Å²) in [4.78, 5) is 0. The van der Waals surface area contributed by atoms with Crippen LogP contribution in [-0.2, 0) is 0 Å². The molecule has 0 aromatic heterocycles. The van der Waals surface area contributed by atoms with Crippen LogP contribution in [0.1, 0.15) is 17.5 Å². The highest BCUT2D eigenvalue weighted by Crippen LogP contribution is 2.19. The van der Waals surface area contributed by atoms with Gasteiger partial charge in [0, 0.05) is 18.3 Å². The van der Waals surface area contributed by atoms with Crippen molar-refractivity contribution in [3.05, 3.63) is 29.3 Å². The maximum absolute atomic E-state index is 8.84. The van der Waals surface area contributed by atoms with Gasteiger partial charge in [-0.1, -0.05) is 0 Å².